The standard InChI is InChI=1S/C10H20N4O2/c1-10(2,3)16-9(15)14-6-4-13(5-7-14)8(11)12/h4-7H2,1-3H3,(H3,11,12)/p+1. The van der Waals surface area contributed by atoms with Gasteiger partial charge < -0.3 is 9.64 Å². The van der Waals surface area contributed by atoms with Gasteiger partial charge in [-0.3, -0.25) is 16.0 Å². The van der Waals surface area contributed by atoms with Crippen molar-refractivity contribution < 1.29 is 14.1 Å². The molecule has 16 heavy (non-hydrogen) atoms. The van der Waals surface area contributed by atoms with Crippen molar-refractivity contribution in [2.75, 3.05) is 26.2 Å². The lowest BCUT2D eigenvalue weighted by Crippen LogP contribution is -2.50. The van der Waals surface area contributed by atoms with E-state index in [4.69, 9.17) is 16.2 Å². The highest BCUT2D eigenvalue weighted by molar-refractivity contribution is 5.70. The first-order chi connectivity index (χ1) is 7.29. The van der Waals surface area contributed by atoms with Crippen LogP contribution in [0.25, 0.3) is 0 Å². The zero-order valence-electron chi connectivity index (χ0n) is 10.2. The Morgan fingerprint density at radius 1 is 1.25 bits per heavy atom. The number of hydrogen-bond donors (Lipinski definition) is 2. The Kier molecular flexibility index (Phi) is 3.62. The Balaban J connectivity index is 2.49. The molecule has 0 aromatic carbocycles. The van der Waals surface area contributed by atoms with Gasteiger partial charge in [-0.2, -0.15) is 0 Å². The van der Waals surface area contributed by atoms with E-state index < -0.39 is 5.60 Å². The Morgan fingerprint density at radius 3 is 2.12 bits per heavy atom. The van der Waals surface area contributed by atoms with Gasteiger partial charge in [-0.1, -0.05) is 0 Å². The molecule has 0 aromatic rings. The van der Waals surface area contributed by atoms with Gasteiger partial charge in [0, 0.05) is 0 Å². The van der Waals surface area contributed by atoms with E-state index >= 15 is 0 Å². The third-order valence-corrected chi connectivity index (χ3v) is 2.30. The first-order valence-corrected chi connectivity index (χ1v) is 5.40. The number of rotatable bonds is 0. The molecule has 1 heterocycles. The van der Waals surface area contributed by atoms with E-state index in [1.54, 1.807) is 4.90 Å². The maximum atomic E-state index is 11.7. The van der Waals surface area contributed by atoms with Crippen molar-refractivity contribution in [3.05, 3.63) is 0 Å². The monoisotopic (exact) mass is 229 g/mol. The van der Waals surface area contributed by atoms with E-state index in [1.807, 2.05) is 25.3 Å². The molecule has 0 unspecified atom stereocenters. The Labute approximate surface area is 95.8 Å². The van der Waals surface area contributed by atoms with Crippen molar-refractivity contribution >= 4 is 12.1 Å². The largest absolute Gasteiger partial charge is 0.444 e. The number of nitrogens with two attached hydrogens (primary N) is 2. The van der Waals surface area contributed by atoms with Crippen LogP contribution < -0.4 is 11.5 Å². The zero-order chi connectivity index (χ0) is 12.3. The van der Waals surface area contributed by atoms with E-state index in [-0.39, 0.29) is 6.09 Å². The summed E-state index contributed by atoms with van der Waals surface area (Å²) in [5.41, 5.74) is 10.5. The fourth-order valence-corrected chi connectivity index (χ4v) is 1.47. The summed E-state index contributed by atoms with van der Waals surface area (Å²) in [4.78, 5) is 13.4. The molecule has 0 saturated carbocycles. The third-order valence-electron chi connectivity index (χ3n) is 2.30. The van der Waals surface area contributed by atoms with Crippen molar-refractivity contribution in [1.29, 1.82) is 0 Å². The van der Waals surface area contributed by atoms with Gasteiger partial charge in [-0.05, 0) is 20.8 Å². The maximum absolute atomic E-state index is 11.7. The highest BCUT2D eigenvalue weighted by atomic mass is 16.6. The first kappa shape index (κ1) is 12.6. The molecule has 0 bridgehead atoms. The Hall–Kier alpha value is -1.46. The summed E-state index contributed by atoms with van der Waals surface area (Å²) >= 11 is 0. The van der Waals surface area contributed by atoms with Crippen LogP contribution in [0.3, 0.4) is 0 Å². The second kappa shape index (κ2) is 4.59. The molecule has 1 rings (SSSR count). The van der Waals surface area contributed by atoms with Crippen LogP contribution in [0.15, 0.2) is 0 Å². The van der Waals surface area contributed by atoms with Crippen LogP contribution in [0.5, 0.6) is 0 Å². The van der Waals surface area contributed by atoms with Crippen molar-refractivity contribution in [2.24, 2.45) is 11.5 Å². The molecule has 1 aliphatic heterocycles. The maximum Gasteiger partial charge on any atom is 0.410 e. The SMILES string of the molecule is CC(C)(C)OC(=O)N1CC[N+](=C(N)N)CC1. The fraction of sp³-hybridized carbons (Fsp3) is 0.800. The molecule has 6 nitrogen and oxygen atoms in total. The Bertz CT molecular complexity index is 292. The van der Waals surface area contributed by atoms with Crippen LogP contribution in [0.4, 0.5) is 4.79 Å². The van der Waals surface area contributed by atoms with Gasteiger partial charge in [0.1, 0.15) is 5.60 Å². The van der Waals surface area contributed by atoms with Gasteiger partial charge in [0.2, 0.25) is 0 Å². The van der Waals surface area contributed by atoms with Crippen LogP contribution >= 0.6 is 0 Å². The van der Waals surface area contributed by atoms with Crippen molar-refractivity contribution in [1.82, 2.24) is 4.90 Å². The van der Waals surface area contributed by atoms with E-state index in [0.717, 1.165) is 0 Å². The summed E-state index contributed by atoms with van der Waals surface area (Å²) in [5.74, 6) is 0.309. The highest BCUT2D eigenvalue weighted by Gasteiger charge is 2.25. The van der Waals surface area contributed by atoms with Crippen molar-refractivity contribution in [3.63, 3.8) is 0 Å². The third kappa shape index (κ3) is 3.60. The van der Waals surface area contributed by atoms with Crippen LogP contribution in [-0.4, -0.2) is 53.3 Å². The molecule has 0 spiro atoms. The summed E-state index contributed by atoms with van der Waals surface area (Å²) in [5, 5.41) is 0. The topological polar surface area (TPSA) is 84.6 Å². The van der Waals surface area contributed by atoms with E-state index in [9.17, 15) is 4.79 Å². The van der Waals surface area contributed by atoms with Crippen molar-refractivity contribution in [3.8, 4) is 0 Å². The minimum Gasteiger partial charge on any atom is -0.444 e. The van der Waals surface area contributed by atoms with E-state index in [2.05, 4.69) is 0 Å². The van der Waals surface area contributed by atoms with E-state index in [1.165, 1.54) is 0 Å². The number of carbonyl (C=O) groups excluding carboxylic acids is 1. The second-order valence-electron chi connectivity index (χ2n) is 4.88. The minimum absolute atomic E-state index is 0.275. The predicted octanol–water partition coefficient (Wildman–Crippen LogP) is -0.477. The molecule has 0 atom stereocenters. The zero-order valence-corrected chi connectivity index (χ0v) is 10.2. The van der Waals surface area contributed by atoms with Gasteiger partial charge in [-0.25, -0.2) is 4.79 Å². The lowest BCUT2D eigenvalue weighted by atomic mass is 10.2. The van der Waals surface area contributed by atoms with Crippen LogP contribution in [-0.2, 0) is 4.74 Å². The molecule has 1 fully saturated rings. The molecule has 1 aliphatic rings. The van der Waals surface area contributed by atoms with Crippen LogP contribution in [0, 0.1) is 0 Å². The quantitative estimate of drug-likeness (QED) is 0.434. The number of carbonyl (C=O) groups is 1. The number of guanidine groups is 1. The summed E-state index contributed by atoms with van der Waals surface area (Å²) in [7, 11) is 0. The number of nitrogens with zero attached hydrogens (tertiary/aromatic N) is 2. The molecule has 0 aromatic heterocycles. The molecular weight excluding hydrogens is 208 g/mol. The Morgan fingerprint density at radius 2 is 1.75 bits per heavy atom. The lowest BCUT2D eigenvalue weighted by molar-refractivity contribution is -0.540. The number of hydrogen-bond acceptors (Lipinski definition) is 2. The molecule has 4 N–H and O–H groups in total. The van der Waals surface area contributed by atoms with Gasteiger partial charge in [0.25, 0.3) is 0 Å². The van der Waals surface area contributed by atoms with E-state index in [0.29, 0.717) is 32.1 Å². The normalized spacial score (nSPS) is 17.2. The molecule has 92 valence electrons. The molecular formula is C10H21N4O2+. The lowest BCUT2D eigenvalue weighted by Gasteiger charge is -2.30. The van der Waals surface area contributed by atoms with Gasteiger partial charge in [0.15, 0.2) is 0 Å². The average molecular weight is 229 g/mol. The fourth-order valence-electron chi connectivity index (χ4n) is 1.47. The molecule has 1 saturated heterocycles. The number of piperazine rings is 1. The molecule has 6 heteroatoms. The predicted molar refractivity (Wildman–Crippen MR) is 61.2 cm³/mol. The second-order valence-corrected chi connectivity index (χ2v) is 4.88. The smallest absolute Gasteiger partial charge is 0.410 e. The molecule has 0 aliphatic carbocycles. The summed E-state index contributed by atoms with van der Waals surface area (Å²) in [6.07, 6.45) is -0.275. The summed E-state index contributed by atoms with van der Waals surface area (Å²) in [6.45, 7) is 8.05. The van der Waals surface area contributed by atoms with Gasteiger partial charge in [-0.15, -0.1) is 0 Å². The molecule has 1 amide bonds. The van der Waals surface area contributed by atoms with Crippen molar-refractivity contribution in [2.45, 2.75) is 26.4 Å². The summed E-state index contributed by atoms with van der Waals surface area (Å²) in [6, 6.07) is 0. The highest BCUT2D eigenvalue weighted by Crippen LogP contribution is 2.10. The van der Waals surface area contributed by atoms with Gasteiger partial charge >= 0.3 is 12.1 Å². The number of amides is 1. The first-order valence-electron chi connectivity index (χ1n) is 5.40. The minimum atomic E-state index is -0.451. The number of ether oxygens (including phenoxy) is 1. The van der Waals surface area contributed by atoms with Gasteiger partial charge in [0.05, 0.1) is 26.2 Å². The molecule has 0 radical (unpaired) electrons. The average Bonchev–Trinajstić information content (AvgIpc) is 2.15. The van der Waals surface area contributed by atoms with Crippen LogP contribution in [0.1, 0.15) is 20.8 Å². The van der Waals surface area contributed by atoms with Crippen LogP contribution in [0.2, 0.25) is 0 Å². The summed E-state index contributed by atoms with van der Waals surface area (Å²) < 4.78 is 7.12.